The Morgan fingerprint density at radius 1 is 1.19 bits per heavy atom. The van der Waals surface area contributed by atoms with Gasteiger partial charge in [0.25, 0.3) is 0 Å². The second kappa shape index (κ2) is 7.96. The monoisotopic (exact) mass is 259 g/mol. The molecule has 0 amide bonds. The first-order valence-electron chi connectivity index (χ1n) is 5.54. The number of aliphatic hydroxyl groups excluding tert-OH is 1. The number of halogens is 1. The molecule has 0 heterocycles. The van der Waals surface area contributed by atoms with Gasteiger partial charge in [0.15, 0.2) is 0 Å². The molecule has 16 heavy (non-hydrogen) atoms. The van der Waals surface area contributed by atoms with Crippen molar-refractivity contribution in [3.63, 3.8) is 0 Å². The molecule has 2 nitrogen and oxygen atoms in total. The Kier molecular flexibility index (Phi) is 6.88. The lowest BCUT2D eigenvalue weighted by molar-refractivity contribution is 0.281. The molecule has 0 bridgehead atoms. The molecule has 2 N–H and O–H groups in total. The molecule has 1 aromatic carbocycles. The Morgan fingerprint density at radius 2 is 1.88 bits per heavy atom. The molecule has 90 valence electrons. The molecule has 1 atom stereocenters. The van der Waals surface area contributed by atoms with Crippen molar-refractivity contribution in [1.29, 1.82) is 0 Å². The lowest BCUT2D eigenvalue weighted by Gasteiger charge is -2.15. The minimum Gasteiger partial charge on any atom is -0.396 e. The number of aliphatic hydroxyl groups is 1. The summed E-state index contributed by atoms with van der Waals surface area (Å²) in [7, 11) is 0. The van der Waals surface area contributed by atoms with Crippen molar-refractivity contribution in [3.05, 3.63) is 34.9 Å². The van der Waals surface area contributed by atoms with Crippen molar-refractivity contribution >= 4 is 24.4 Å². The summed E-state index contributed by atoms with van der Waals surface area (Å²) in [4.78, 5) is 0. The maximum absolute atomic E-state index is 8.69. The molecule has 1 rings (SSSR count). The third kappa shape index (κ3) is 4.74. The van der Waals surface area contributed by atoms with Gasteiger partial charge >= 0.3 is 0 Å². The van der Waals surface area contributed by atoms with E-state index in [9.17, 15) is 0 Å². The first kappa shape index (κ1) is 13.8. The van der Waals surface area contributed by atoms with Crippen LogP contribution in [0.25, 0.3) is 0 Å². The van der Waals surface area contributed by atoms with Crippen LogP contribution >= 0.6 is 24.4 Å². The zero-order valence-electron chi connectivity index (χ0n) is 9.19. The van der Waals surface area contributed by atoms with Gasteiger partial charge in [0.05, 0.1) is 0 Å². The number of rotatable bonds is 7. The van der Waals surface area contributed by atoms with Gasteiger partial charge in [-0.1, -0.05) is 49.4 Å². The number of hydrogen-bond donors (Lipinski definition) is 3. The Hall–Kier alpha value is -0.220. The van der Waals surface area contributed by atoms with E-state index >= 15 is 0 Å². The van der Waals surface area contributed by atoms with Gasteiger partial charge in [0, 0.05) is 17.7 Å². The first-order valence-corrected chi connectivity index (χ1v) is 6.36. The molecule has 0 saturated heterocycles. The molecule has 0 aromatic heterocycles. The molecule has 4 heteroatoms. The van der Waals surface area contributed by atoms with E-state index in [1.807, 2.05) is 24.3 Å². The molecule has 0 fully saturated rings. The van der Waals surface area contributed by atoms with E-state index in [4.69, 9.17) is 16.7 Å². The van der Waals surface area contributed by atoms with Gasteiger partial charge in [-0.2, -0.15) is 0 Å². The number of hydrogen-bond acceptors (Lipinski definition) is 3. The molecule has 0 aliphatic rings. The van der Waals surface area contributed by atoms with Crippen molar-refractivity contribution < 1.29 is 5.11 Å². The number of nitrogens with one attached hydrogen (secondary N) is 1. The summed E-state index contributed by atoms with van der Waals surface area (Å²) >= 11 is 9.98. The lowest BCUT2D eigenvalue weighted by Crippen LogP contribution is -2.11. The van der Waals surface area contributed by atoms with Gasteiger partial charge in [-0.15, -0.1) is 0 Å². The van der Waals surface area contributed by atoms with Crippen molar-refractivity contribution in [3.8, 4) is 0 Å². The zero-order valence-corrected chi connectivity index (χ0v) is 10.8. The summed E-state index contributed by atoms with van der Waals surface area (Å²) in [6.45, 7) is 0.278. The molecular formula is C12H18ClNOS. The van der Waals surface area contributed by atoms with Gasteiger partial charge in [0.2, 0.25) is 0 Å². The summed E-state index contributed by atoms with van der Waals surface area (Å²) in [6, 6.07) is 8.06. The molecule has 0 aliphatic heterocycles. The summed E-state index contributed by atoms with van der Waals surface area (Å²) < 4.78 is 3.00. The fourth-order valence-corrected chi connectivity index (χ4v) is 2.04. The maximum atomic E-state index is 8.69. The zero-order chi connectivity index (χ0) is 11.8. The van der Waals surface area contributed by atoms with Gasteiger partial charge in [-0.05, 0) is 30.5 Å². The molecule has 0 saturated carbocycles. The van der Waals surface area contributed by atoms with E-state index in [1.165, 1.54) is 5.56 Å². The van der Waals surface area contributed by atoms with Crippen LogP contribution in [0.5, 0.6) is 0 Å². The maximum Gasteiger partial charge on any atom is 0.0431 e. The quantitative estimate of drug-likeness (QED) is 0.518. The summed E-state index contributed by atoms with van der Waals surface area (Å²) in [6.07, 6.45) is 4.03. The Labute approximate surface area is 108 Å². The van der Waals surface area contributed by atoms with Crippen LogP contribution in [0.2, 0.25) is 5.02 Å². The molecule has 1 unspecified atom stereocenters. The van der Waals surface area contributed by atoms with Crippen LogP contribution in [0.1, 0.15) is 37.3 Å². The highest BCUT2D eigenvalue weighted by Gasteiger charge is 2.08. The molecule has 1 aromatic rings. The van der Waals surface area contributed by atoms with Crippen LogP contribution in [-0.2, 0) is 0 Å². The van der Waals surface area contributed by atoms with Crippen LogP contribution < -0.4 is 4.72 Å². The summed E-state index contributed by atoms with van der Waals surface area (Å²) in [5.74, 6) is 0. The average Bonchev–Trinajstić information content (AvgIpc) is 2.31. The smallest absolute Gasteiger partial charge is 0.0431 e. The predicted octanol–water partition coefficient (Wildman–Crippen LogP) is 3.37. The number of unbranched alkanes of at least 4 members (excludes halogenated alkanes) is 2. The molecular weight excluding hydrogens is 242 g/mol. The van der Waals surface area contributed by atoms with Crippen LogP contribution in [0.3, 0.4) is 0 Å². The normalized spacial score (nSPS) is 12.7. The minimum atomic E-state index is 0.249. The number of thiol groups is 1. The van der Waals surface area contributed by atoms with Gasteiger partial charge in [-0.25, -0.2) is 0 Å². The minimum absolute atomic E-state index is 0.249. The van der Waals surface area contributed by atoms with E-state index in [0.29, 0.717) is 0 Å². The second-order valence-electron chi connectivity index (χ2n) is 3.81. The van der Waals surface area contributed by atoms with E-state index in [-0.39, 0.29) is 12.6 Å². The fourth-order valence-electron chi connectivity index (χ4n) is 1.64. The predicted molar refractivity (Wildman–Crippen MR) is 71.9 cm³/mol. The van der Waals surface area contributed by atoms with Crippen LogP contribution in [-0.4, -0.2) is 11.7 Å². The van der Waals surface area contributed by atoms with Gasteiger partial charge < -0.3 is 5.11 Å². The first-order chi connectivity index (χ1) is 7.77. The third-order valence-electron chi connectivity index (χ3n) is 2.58. The van der Waals surface area contributed by atoms with E-state index < -0.39 is 0 Å². The fraction of sp³-hybridized carbons (Fsp3) is 0.500. The van der Waals surface area contributed by atoms with Crippen molar-refractivity contribution in [2.45, 2.75) is 31.7 Å². The topological polar surface area (TPSA) is 32.3 Å². The van der Waals surface area contributed by atoms with Crippen LogP contribution in [0.4, 0.5) is 0 Å². The van der Waals surface area contributed by atoms with Crippen molar-refractivity contribution in [2.24, 2.45) is 0 Å². The molecule has 0 radical (unpaired) electrons. The highest BCUT2D eigenvalue weighted by Crippen LogP contribution is 2.22. The lowest BCUT2D eigenvalue weighted by atomic mass is 10.0. The highest BCUT2D eigenvalue weighted by molar-refractivity contribution is 7.78. The van der Waals surface area contributed by atoms with E-state index in [1.54, 1.807) is 0 Å². The van der Waals surface area contributed by atoms with Gasteiger partial charge in [-0.3, -0.25) is 4.72 Å². The van der Waals surface area contributed by atoms with Crippen molar-refractivity contribution in [1.82, 2.24) is 4.72 Å². The molecule has 0 aliphatic carbocycles. The average molecular weight is 260 g/mol. The Bertz CT molecular complexity index is 292. The van der Waals surface area contributed by atoms with Crippen molar-refractivity contribution in [2.75, 3.05) is 6.61 Å². The Morgan fingerprint density at radius 3 is 2.44 bits per heavy atom. The standard InChI is InChI=1S/C12H18ClNOS/c13-11-7-5-10(6-8-11)12(14-16)4-2-1-3-9-15/h5-8,12,14-16H,1-4,9H2. The highest BCUT2D eigenvalue weighted by atomic mass is 35.5. The van der Waals surface area contributed by atoms with Gasteiger partial charge in [0.1, 0.15) is 0 Å². The SMILES string of the molecule is OCCCCCC(NS)c1ccc(Cl)cc1. The van der Waals surface area contributed by atoms with Crippen LogP contribution in [0, 0.1) is 0 Å². The van der Waals surface area contributed by atoms with E-state index in [0.717, 1.165) is 30.7 Å². The van der Waals surface area contributed by atoms with Crippen LogP contribution in [0.15, 0.2) is 24.3 Å². The summed E-state index contributed by atoms with van der Waals surface area (Å²) in [5, 5.41) is 9.44. The second-order valence-corrected chi connectivity index (χ2v) is 4.50. The molecule has 0 spiro atoms. The largest absolute Gasteiger partial charge is 0.396 e. The number of benzene rings is 1. The Balaban J connectivity index is 2.44. The summed E-state index contributed by atoms with van der Waals surface area (Å²) in [5.41, 5.74) is 1.20. The van der Waals surface area contributed by atoms with E-state index in [2.05, 4.69) is 17.5 Å². The third-order valence-corrected chi connectivity index (χ3v) is 3.14.